The molecule has 3 rings (SSSR count). The first kappa shape index (κ1) is 23.4. The van der Waals surface area contributed by atoms with E-state index in [0.29, 0.717) is 18.9 Å². The summed E-state index contributed by atoms with van der Waals surface area (Å²) in [7, 11) is 0. The maximum Gasteiger partial charge on any atom is 0.353 e. The average Bonchev–Trinajstić information content (AvgIpc) is 2.73. The van der Waals surface area contributed by atoms with Crippen LogP contribution in [0.15, 0.2) is 36.7 Å². The smallest absolute Gasteiger partial charge is 0.353 e. The number of nitrogens with zero attached hydrogens (tertiary/aromatic N) is 5. The van der Waals surface area contributed by atoms with Crippen LogP contribution in [-0.2, 0) is 16.1 Å². The highest BCUT2D eigenvalue weighted by Gasteiger charge is 2.29. The maximum absolute atomic E-state index is 11.9. The Bertz CT molecular complexity index is 924. The lowest BCUT2D eigenvalue weighted by molar-refractivity contribution is -0.383. The SMILES string of the molecule is CC(C)(C)OC(=O)CCNc1ncnc(N2CCN(Cc3ccccc3)CC2)c1[N+](=O)[O-]. The van der Waals surface area contributed by atoms with Crippen LogP contribution in [-0.4, -0.2) is 64.1 Å². The van der Waals surface area contributed by atoms with E-state index in [1.165, 1.54) is 11.9 Å². The number of piperazine rings is 1. The molecule has 1 aromatic heterocycles. The van der Waals surface area contributed by atoms with Crippen molar-refractivity contribution in [3.63, 3.8) is 0 Å². The molecule has 1 aliphatic heterocycles. The Labute approximate surface area is 187 Å². The van der Waals surface area contributed by atoms with Gasteiger partial charge in [-0.15, -0.1) is 0 Å². The number of aromatic nitrogens is 2. The van der Waals surface area contributed by atoms with Gasteiger partial charge in [-0.1, -0.05) is 30.3 Å². The third kappa shape index (κ3) is 6.61. The Balaban J connectivity index is 1.62. The van der Waals surface area contributed by atoms with Gasteiger partial charge >= 0.3 is 11.7 Å². The summed E-state index contributed by atoms with van der Waals surface area (Å²) in [5, 5.41) is 14.7. The zero-order chi connectivity index (χ0) is 23.1. The minimum Gasteiger partial charge on any atom is -0.460 e. The lowest BCUT2D eigenvalue weighted by atomic mass is 10.2. The molecule has 1 aromatic carbocycles. The Morgan fingerprint density at radius 3 is 2.47 bits per heavy atom. The lowest BCUT2D eigenvalue weighted by Crippen LogP contribution is -2.46. The summed E-state index contributed by atoms with van der Waals surface area (Å²) in [6.07, 6.45) is 1.39. The normalized spacial score (nSPS) is 14.8. The number of rotatable bonds is 8. The van der Waals surface area contributed by atoms with Crippen LogP contribution in [0.25, 0.3) is 0 Å². The van der Waals surface area contributed by atoms with Crippen LogP contribution in [0.5, 0.6) is 0 Å². The molecule has 2 heterocycles. The number of carbonyl (C=O) groups is 1. The van der Waals surface area contributed by atoms with Crippen LogP contribution in [0, 0.1) is 10.1 Å². The number of esters is 1. The minimum atomic E-state index is -0.576. The molecule has 0 radical (unpaired) electrons. The molecule has 0 amide bonds. The average molecular weight is 443 g/mol. The van der Waals surface area contributed by atoms with Crippen molar-refractivity contribution < 1.29 is 14.5 Å². The van der Waals surface area contributed by atoms with Crippen LogP contribution >= 0.6 is 0 Å². The van der Waals surface area contributed by atoms with E-state index in [0.717, 1.165) is 19.6 Å². The summed E-state index contributed by atoms with van der Waals surface area (Å²) >= 11 is 0. The van der Waals surface area contributed by atoms with E-state index >= 15 is 0 Å². The summed E-state index contributed by atoms with van der Waals surface area (Å²) in [5.74, 6) is 0.0240. The molecule has 0 bridgehead atoms. The van der Waals surface area contributed by atoms with Crippen molar-refractivity contribution in [1.29, 1.82) is 0 Å². The number of anilines is 2. The fourth-order valence-corrected chi connectivity index (χ4v) is 3.53. The van der Waals surface area contributed by atoms with Crippen molar-refractivity contribution in [3.8, 4) is 0 Å². The Morgan fingerprint density at radius 1 is 1.16 bits per heavy atom. The number of ether oxygens (including phenoxy) is 1. The molecule has 32 heavy (non-hydrogen) atoms. The number of nitro groups is 1. The van der Waals surface area contributed by atoms with Crippen molar-refractivity contribution in [1.82, 2.24) is 14.9 Å². The van der Waals surface area contributed by atoms with Gasteiger partial charge in [-0.05, 0) is 26.3 Å². The molecule has 0 atom stereocenters. The van der Waals surface area contributed by atoms with Crippen LogP contribution in [0.2, 0.25) is 0 Å². The first-order valence-electron chi connectivity index (χ1n) is 10.7. The fourth-order valence-electron chi connectivity index (χ4n) is 3.53. The lowest BCUT2D eigenvalue weighted by Gasteiger charge is -2.35. The summed E-state index contributed by atoms with van der Waals surface area (Å²) in [4.78, 5) is 35.8. The first-order valence-corrected chi connectivity index (χ1v) is 10.7. The Morgan fingerprint density at radius 2 is 1.84 bits per heavy atom. The van der Waals surface area contributed by atoms with Gasteiger partial charge in [0.1, 0.15) is 11.9 Å². The Hall–Kier alpha value is -3.27. The van der Waals surface area contributed by atoms with Gasteiger partial charge in [0.25, 0.3) is 0 Å². The van der Waals surface area contributed by atoms with Gasteiger partial charge in [0, 0.05) is 39.3 Å². The van der Waals surface area contributed by atoms with Gasteiger partial charge in [0.05, 0.1) is 11.3 Å². The second kappa shape index (κ2) is 10.4. The minimum absolute atomic E-state index is 0.0753. The van der Waals surface area contributed by atoms with Crippen LogP contribution in [0.1, 0.15) is 32.8 Å². The largest absolute Gasteiger partial charge is 0.460 e. The molecule has 10 nitrogen and oxygen atoms in total. The Kier molecular flexibility index (Phi) is 7.57. The van der Waals surface area contributed by atoms with Gasteiger partial charge < -0.3 is 15.0 Å². The van der Waals surface area contributed by atoms with Crippen molar-refractivity contribution >= 4 is 23.3 Å². The van der Waals surface area contributed by atoms with Crippen molar-refractivity contribution in [3.05, 3.63) is 52.3 Å². The first-order chi connectivity index (χ1) is 15.2. The predicted octanol–water partition coefficient (Wildman–Crippen LogP) is 2.85. The summed E-state index contributed by atoms with van der Waals surface area (Å²) in [6.45, 7) is 9.20. The zero-order valence-corrected chi connectivity index (χ0v) is 18.8. The summed E-state index contributed by atoms with van der Waals surface area (Å²) in [5.41, 5.74) is 0.493. The molecule has 0 saturated carbocycles. The third-order valence-corrected chi connectivity index (χ3v) is 4.95. The highest BCUT2D eigenvalue weighted by atomic mass is 16.6. The van der Waals surface area contributed by atoms with Crippen molar-refractivity contribution in [2.45, 2.75) is 39.3 Å². The van der Waals surface area contributed by atoms with Crippen LogP contribution in [0.4, 0.5) is 17.3 Å². The molecule has 1 fully saturated rings. The highest BCUT2D eigenvalue weighted by molar-refractivity contribution is 5.73. The molecule has 0 unspecified atom stereocenters. The predicted molar refractivity (Wildman–Crippen MR) is 122 cm³/mol. The molecular formula is C22H30N6O4. The van der Waals surface area contributed by atoms with Gasteiger partial charge in [0.15, 0.2) is 0 Å². The van der Waals surface area contributed by atoms with Gasteiger partial charge in [-0.25, -0.2) is 9.97 Å². The molecule has 1 saturated heterocycles. The monoisotopic (exact) mass is 442 g/mol. The van der Waals surface area contributed by atoms with E-state index in [4.69, 9.17) is 4.74 Å². The second-order valence-corrected chi connectivity index (χ2v) is 8.66. The van der Waals surface area contributed by atoms with E-state index in [1.54, 1.807) is 20.8 Å². The van der Waals surface area contributed by atoms with E-state index < -0.39 is 10.5 Å². The van der Waals surface area contributed by atoms with Gasteiger partial charge in [0.2, 0.25) is 11.6 Å². The van der Waals surface area contributed by atoms with Crippen LogP contribution in [0.3, 0.4) is 0 Å². The highest BCUT2D eigenvalue weighted by Crippen LogP contribution is 2.32. The summed E-state index contributed by atoms with van der Waals surface area (Å²) < 4.78 is 5.27. The molecule has 0 spiro atoms. The molecule has 1 N–H and O–H groups in total. The fraction of sp³-hybridized carbons (Fsp3) is 0.500. The van der Waals surface area contributed by atoms with E-state index in [-0.39, 0.29) is 30.4 Å². The zero-order valence-electron chi connectivity index (χ0n) is 18.8. The van der Waals surface area contributed by atoms with Gasteiger partial charge in [-0.3, -0.25) is 19.8 Å². The standard InChI is InChI=1S/C22H30N6O4/c1-22(2,3)32-18(29)9-10-23-20-19(28(30)31)21(25-16-24-20)27-13-11-26(12-14-27)15-17-7-5-4-6-8-17/h4-8,16H,9-15H2,1-3H3,(H,23,24,25). The number of benzene rings is 1. The number of hydrogen-bond donors (Lipinski definition) is 1. The maximum atomic E-state index is 11.9. The quantitative estimate of drug-likeness (QED) is 0.374. The van der Waals surface area contributed by atoms with Crippen molar-refractivity contribution in [2.24, 2.45) is 0 Å². The number of nitrogens with one attached hydrogen (secondary N) is 1. The summed E-state index contributed by atoms with van der Waals surface area (Å²) in [6, 6.07) is 10.2. The van der Waals surface area contributed by atoms with Crippen LogP contribution < -0.4 is 10.2 Å². The molecule has 2 aromatic rings. The molecular weight excluding hydrogens is 412 g/mol. The number of carbonyl (C=O) groups excluding carboxylic acids is 1. The molecule has 172 valence electrons. The molecule has 0 aliphatic carbocycles. The van der Waals surface area contributed by atoms with Crippen molar-refractivity contribution in [2.75, 3.05) is 42.9 Å². The van der Waals surface area contributed by atoms with E-state index in [9.17, 15) is 14.9 Å². The third-order valence-electron chi connectivity index (χ3n) is 4.95. The van der Waals surface area contributed by atoms with Gasteiger partial charge in [-0.2, -0.15) is 0 Å². The van der Waals surface area contributed by atoms with E-state index in [1.807, 2.05) is 23.1 Å². The van der Waals surface area contributed by atoms with E-state index in [2.05, 4.69) is 32.3 Å². The second-order valence-electron chi connectivity index (χ2n) is 8.66. The molecule has 10 heteroatoms. The topological polar surface area (TPSA) is 114 Å². The number of hydrogen-bond acceptors (Lipinski definition) is 9. The molecule has 1 aliphatic rings.